The Labute approximate surface area is 128 Å². The van der Waals surface area contributed by atoms with E-state index in [4.69, 9.17) is 11.6 Å². The highest BCUT2D eigenvalue weighted by atomic mass is 35.5. The zero-order chi connectivity index (χ0) is 14.7. The van der Waals surface area contributed by atoms with E-state index in [1.54, 1.807) is 6.20 Å². The van der Waals surface area contributed by atoms with Gasteiger partial charge in [0, 0.05) is 42.2 Å². The van der Waals surface area contributed by atoms with Crippen LogP contribution in [0.5, 0.6) is 0 Å². The Morgan fingerprint density at radius 2 is 2.14 bits per heavy atom. The summed E-state index contributed by atoms with van der Waals surface area (Å²) >= 11 is 6.18. The van der Waals surface area contributed by atoms with Crippen LogP contribution < -0.4 is 10.6 Å². The van der Waals surface area contributed by atoms with Crippen molar-refractivity contribution in [3.8, 4) is 0 Å². The van der Waals surface area contributed by atoms with E-state index >= 15 is 0 Å². The van der Waals surface area contributed by atoms with Gasteiger partial charge in [-0.25, -0.2) is 0 Å². The summed E-state index contributed by atoms with van der Waals surface area (Å²) in [6, 6.07) is 7.76. The Hall–Kier alpha value is -1.65. The summed E-state index contributed by atoms with van der Waals surface area (Å²) in [5.74, 6) is 0.463. The number of hydrogen-bond donors (Lipinski definition) is 2. The minimum atomic E-state index is 0.190. The molecule has 0 aliphatic heterocycles. The number of benzene rings is 1. The SMILES string of the molecule is O=C(NCCNCc1ccc(Cl)c2cccnc12)C1CC1. The molecule has 3 rings (SSSR count). The third kappa shape index (κ3) is 3.52. The second-order valence-corrected chi connectivity index (χ2v) is 5.76. The van der Waals surface area contributed by atoms with E-state index in [0.717, 1.165) is 40.9 Å². The van der Waals surface area contributed by atoms with E-state index in [1.165, 1.54) is 0 Å². The van der Waals surface area contributed by atoms with E-state index in [9.17, 15) is 4.79 Å². The van der Waals surface area contributed by atoms with Crippen LogP contribution in [0, 0.1) is 5.92 Å². The van der Waals surface area contributed by atoms with E-state index in [2.05, 4.69) is 15.6 Å². The van der Waals surface area contributed by atoms with Crippen molar-refractivity contribution >= 4 is 28.4 Å². The molecule has 110 valence electrons. The Morgan fingerprint density at radius 1 is 1.29 bits per heavy atom. The van der Waals surface area contributed by atoms with Crippen molar-refractivity contribution in [1.82, 2.24) is 15.6 Å². The van der Waals surface area contributed by atoms with Crippen LogP contribution in [0.1, 0.15) is 18.4 Å². The first-order valence-corrected chi connectivity index (χ1v) is 7.64. The van der Waals surface area contributed by atoms with E-state index in [0.29, 0.717) is 13.1 Å². The molecule has 1 fully saturated rings. The summed E-state index contributed by atoms with van der Waals surface area (Å²) < 4.78 is 0. The normalized spacial score (nSPS) is 14.3. The minimum absolute atomic E-state index is 0.190. The summed E-state index contributed by atoms with van der Waals surface area (Å²) in [6.45, 7) is 2.12. The van der Waals surface area contributed by atoms with Gasteiger partial charge in [-0.15, -0.1) is 0 Å². The smallest absolute Gasteiger partial charge is 0.223 e. The summed E-state index contributed by atoms with van der Waals surface area (Å²) in [4.78, 5) is 15.9. The fraction of sp³-hybridized carbons (Fsp3) is 0.375. The van der Waals surface area contributed by atoms with Crippen LogP contribution in [0.2, 0.25) is 5.02 Å². The van der Waals surface area contributed by atoms with Crippen molar-refractivity contribution in [2.45, 2.75) is 19.4 Å². The fourth-order valence-electron chi connectivity index (χ4n) is 2.33. The Kier molecular flexibility index (Phi) is 4.36. The summed E-state index contributed by atoms with van der Waals surface area (Å²) in [5.41, 5.74) is 2.04. The Balaban J connectivity index is 1.53. The van der Waals surface area contributed by atoms with Crippen molar-refractivity contribution in [3.05, 3.63) is 41.0 Å². The van der Waals surface area contributed by atoms with Gasteiger partial charge in [0.25, 0.3) is 0 Å². The highest BCUT2D eigenvalue weighted by molar-refractivity contribution is 6.35. The molecule has 1 aliphatic carbocycles. The largest absolute Gasteiger partial charge is 0.355 e. The second kappa shape index (κ2) is 6.41. The quantitative estimate of drug-likeness (QED) is 0.806. The zero-order valence-electron chi connectivity index (χ0n) is 11.7. The van der Waals surface area contributed by atoms with Gasteiger partial charge in [-0.3, -0.25) is 9.78 Å². The van der Waals surface area contributed by atoms with Gasteiger partial charge in [0.2, 0.25) is 5.91 Å². The maximum Gasteiger partial charge on any atom is 0.223 e. The predicted molar refractivity (Wildman–Crippen MR) is 84.2 cm³/mol. The lowest BCUT2D eigenvalue weighted by Gasteiger charge is -2.09. The minimum Gasteiger partial charge on any atom is -0.355 e. The van der Waals surface area contributed by atoms with E-state index in [-0.39, 0.29) is 11.8 Å². The fourth-order valence-corrected chi connectivity index (χ4v) is 2.54. The molecular weight excluding hydrogens is 286 g/mol. The zero-order valence-corrected chi connectivity index (χ0v) is 12.5. The van der Waals surface area contributed by atoms with Gasteiger partial charge < -0.3 is 10.6 Å². The molecule has 0 unspecified atom stereocenters. The maximum absolute atomic E-state index is 11.5. The molecule has 2 N–H and O–H groups in total. The maximum atomic E-state index is 11.5. The number of carbonyl (C=O) groups excluding carboxylic acids is 1. The third-order valence-electron chi connectivity index (χ3n) is 3.66. The number of nitrogens with one attached hydrogen (secondary N) is 2. The van der Waals surface area contributed by atoms with E-state index < -0.39 is 0 Å². The molecule has 1 saturated carbocycles. The highest BCUT2D eigenvalue weighted by Crippen LogP contribution is 2.28. The molecule has 0 atom stereocenters. The van der Waals surface area contributed by atoms with Gasteiger partial charge in [0.15, 0.2) is 0 Å². The first kappa shape index (κ1) is 14.3. The number of amides is 1. The molecule has 1 aromatic heterocycles. The number of aromatic nitrogens is 1. The van der Waals surface area contributed by atoms with Crippen molar-refractivity contribution in [2.24, 2.45) is 5.92 Å². The summed E-state index contributed by atoms with van der Waals surface area (Å²) in [7, 11) is 0. The van der Waals surface area contributed by atoms with Crippen LogP contribution >= 0.6 is 11.6 Å². The number of pyridine rings is 1. The average Bonchev–Trinajstić information content (AvgIpc) is 3.34. The number of nitrogens with zero attached hydrogens (tertiary/aromatic N) is 1. The first-order valence-electron chi connectivity index (χ1n) is 7.26. The Bertz CT molecular complexity index is 655. The van der Waals surface area contributed by atoms with Gasteiger partial charge in [-0.2, -0.15) is 0 Å². The topological polar surface area (TPSA) is 54.0 Å². The average molecular weight is 304 g/mol. The highest BCUT2D eigenvalue weighted by Gasteiger charge is 2.28. The van der Waals surface area contributed by atoms with Crippen molar-refractivity contribution in [3.63, 3.8) is 0 Å². The van der Waals surface area contributed by atoms with Crippen LogP contribution in [-0.2, 0) is 11.3 Å². The number of hydrogen-bond acceptors (Lipinski definition) is 3. The molecule has 2 aromatic rings. The van der Waals surface area contributed by atoms with Crippen LogP contribution in [0.3, 0.4) is 0 Å². The van der Waals surface area contributed by atoms with Crippen molar-refractivity contribution in [1.29, 1.82) is 0 Å². The molecular formula is C16H18ClN3O. The molecule has 4 nitrogen and oxygen atoms in total. The molecule has 0 radical (unpaired) electrons. The summed E-state index contributed by atoms with van der Waals surface area (Å²) in [6.07, 6.45) is 3.86. The van der Waals surface area contributed by atoms with Crippen LogP contribution in [0.15, 0.2) is 30.5 Å². The van der Waals surface area contributed by atoms with Crippen LogP contribution in [0.25, 0.3) is 10.9 Å². The van der Waals surface area contributed by atoms with Crippen molar-refractivity contribution < 1.29 is 4.79 Å². The molecule has 1 aliphatic rings. The van der Waals surface area contributed by atoms with Gasteiger partial charge in [-0.05, 0) is 36.6 Å². The molecule has 5 heteroatoms. The summed E-state index contributed by atoms with van der Waals surface area (Å²) in [5, 5.41) is 7.96. The van der Waals surface area contributed by atoms with Gasteiger partial charge in [0.05, 0.1) is 5.52 Å². The Morgan fingerprint density at radius 3 is 2.95 bits per heavy atom. The van der Waals surface area contributed by atoms with Crippen LogP contribution in [0.4, 0.5) is 0 Å². The van der Waals surface area contributed by atoms with Crippen molar-refractivity contribution in [2.75, 3.05) is 13.1 Å². The first-order chi connectivity index (χ1) is 10.3. The monoisotopic (exact) mass is 303 g/mol. The number of fused-ring (bicyclic) bond motifs is 1. The van der Waals surface area contributed by atoms with Crippen LogP contribution in [-0.4, -0.2) is 24.0 Å². The van der Waals surface area contributed by atoms with Gasteiger partial charge in [-0.1, -0.05) is 17.7 Å². The number of rotatable bonds is 6. The molecule has 0 bridgehead atoms. The lowest BCUT2D eigenvalue weighted by atomic mass is 10.1. The molecule has 0 saturated heterocycles. The van der Waals surface area contributed by atoms with Gasteiger partial charge >= 0.3 is 0 Å². The molecule has 1 aromatic carbocycles. The van der Waals surface area contributed by atoms with E-state index in [1.807, 2.05) is 24.3 Å². The molecule has 21 heavy (non-hydrogen) atoms. The second-order valence-electron chi connectivity index (χ2n) is 5.35. The third-order valence-corrected chi connectivity index (χ3v) is 3.99. The lowest BCUT2D eigenvalue weighted by Crippen LogP contribution is -2.32. The lowest BCUT2D eigenvalue weighted by molar-refractivity contribution is -0.122. The number of halogens is 1. The van der Waals surface area contributed by atoms with Gasteiger partial charge in [0.1, 0.15) is 0 Å². The molecule has 1 heterocycles. The number of carbonyl (C=O) groups is 1. The molecule has 0 spiro atoms. The predicted octanol–water partition coefficient (Wildman–Crippen LogP) is 2.50. The molecule has 1 amide bonds. The standard InChI is InChI=1S/C16H18ClN3O/c17-14-6-5-12(15-13(14)2-1-7-19-15)10-18-8-9-20-16(21)11-3-4-11/h1-2,5-7,11,18H,3-4,8-10H2,(H,20,21).